The van der Waals surface area contributed by atoms with Gasteiger partial charge in [-0.1, -0.05) is 31.7 Å². The van der Waals surface area contributed by atoms with Crippen molar-refractivity contribution in [3.63, 3.8) is 0 Å². The molecule has 0 amide bonds. The van der Waals surface area contributed by atoms with E-state index in [4.69, 9.17) is 0 Å². The Morgan fingerprint density at radius 2 is 1.84 bits per heavy atom. The average molecular weight is 339 g/mol. The van der Waals surface area contributed by atoms with Crippen LogP contribution >= 0.6 is 0 Å². The standard InChI is InChI=1S/C22H29NO2/c1-15-10-17-13-22(2,3)23-20(19(17)11-18(15)14-24)12-21(25)16-8-6-4-5-7-9-16/h10-12,14,16,23H,4-9,13H2,1-3H3/b20-12-. The predicted octanol–water partition coefficient (Wildman–Crippen LogP) is 4.61. The average Bonchev–Trinajstić information content (AvgIpc) is 2.82. The summed E-state index contributed by atoms with van der Waals surface area (Å²) in [5.41, 5.74) is 4.70. The van der Waals surface area contributed by atoms with E-state index in [2.05, 4.69) is 25.2 Å². The predicted molar refractivity (Wildman–Crippen MR) is 102 cm³/mol. The first-order chi connectivity index (χ1) is 11.9. The number of carbonyl (C=O) groups excluding carboxylic acids is 2. The zero-order chi connectivity index (χ0) is 18.0. The number of benzene rings is 1. The number of carbonyl (C=O) groups is 2. The summed E-state index contributed by atoms with van der Waals surface area (Å²) < 4.78 is 0. The normalized spacial score (nSPS) is 22.0. The first-order valence-corrected chi connectivity index (χ1v) is 9.52. The van der Waals surface area contributed by atoms with E-state index in [1.807, 2.05) is 13.0 Å². The number of hydrogen-bond acceptors (Lipinski definition) is 3. The molecule has 1 N–H and O–H groups in total. The first-order valence-electron chi connectivity index (χ1n) is 9.52. The van der Waals surface area contributed by atoms with E-state index in [0.29, 0.717) is 5.56 Å². The molecule has 134 valence electrons. The Balaban J connectivity index is 1.97. The maximum Gasteiger partial charge on any atom is 0.160 e. The molecule has 0 unspecified atom stereocenters. The lowest BCUT2D eigenvalue weighted by molar-refractivity contribution is -0.118. The van der Waals surface area contributed by atoms with Crippen molar-refractivity contribution in [1.29, 1.82) is 0 Å². The van der Waals surface area contributed by atoms with Gasteiger partial charge in [0.15, 0.2) is 5.78 Å². The molecule has 1 aromatic rings. The monoisotopic (exact) mass is 339 g/mol. The minimum absolute atomic E-state index is 0.0995. The quantitative estimate of drug-likeness (QED) is 0.497. The Morgan fingerprint density at radius 1 is 1.16 bits per heavy atom. The summed E-state index contributed by atoms with van der Waals surface area (Å²) >= 11 is 0. The number of hydrogen-bond donors (Lipinski definition) is 1. The van der Waals surface area contributed by atoms with Crippen LogP contribution in [0.4, 0.5) is 0 Å². The number of nitrogens with one attached hydrogen (secondary N) is 1. The topological polar surface area (TPSA) is 46.2 Å². The Morgan fingerprint density at radius 3 is 2.48 bits per heavy atom. The van der Waals surface area contributed by atoms with E-state index in [1.165, 1.54) is 18.4 Å². The summed E-state index contributed by atoms with van der Waals surface area (Å²) in [5.74, 6) is 0.391. The maximum atomic E-state index is 12.9. The molecule has 0 spiro atoms. The van der Waals surface area contributed by atoms with Crippen LogP contribution in [0.1, 0.15) is 79.4 Å². The molecule has 0 aromatic heterocycles. The summed E-state index contributed by atoms with van der Waals surface area (Å²) in [6.07, 6.45) is 10.4. The molecule has 1 aromatic carbocycles. The summed E-state index contributed by atoms with van der Waals surface area (Å²) in [5, 5.41) is 3.53. The van der Waals surface area contributed by atoms with Gasteiger partial charge < -0.3 is 5.32 Å². The number of rotatable bonds is 3. The van der Waals surface area contributed by atoms with E-state index in [0.717, 1.165) is 55.2 Å². The first kappa shape index (κ1) is 17.9. The molecule has 25 heavy (non-hydrogen) atoms. The van der Waals surface area contributed by atoms with Crippen molar-refractivity contribution < 1.29 is 9.59 Å². The fourth-order valence-electron chi connectivity index (χ4n) is 4.20. The third-order valence-electron chi connectivity index (χ3n) is 5.56. The van der Waals surface area contributed by atoms with Gasteiger partial charge in [0.2, 0.25) is 0 Å². The van der Waals surface area contributed by atoms with Gasteiger partial charge in [-0.2, -0.15) is 0 Å². The molecular formula is C22H29NO2. The van der Waals surface area contributed by atoms with Crippen molar-refractivity contribution in [1.82, 2.24) is 5.32 Å². The fourth-order valence-corrected chi connectivity index (χ4v) is 4.20. The minimum atomic E-state index is -0.0995. The van der Waals surface area contributed by atoms with Gasteiger partial charge in [0.1, 0.15) is 6.29 Å². The zero-order valence-corrected chi connectivity index (χ0v) is 15.7. The van der Waals surface area contributed by atoms with Crippen LogP contribution in [0.2, 0.25) is 0 Å². The molecule has 1 aliphatic heterocycles. The Bertz CT molecular complexity index is 707. The van der Waals surface area contributed by atoms with Gasteiger partial charge in [-0.15, -0.1) is 0 Å². The second-order valence-corrected chi connectivity index (χ2v) is 8.32. The lowest BCUT2D eigenvalue weighted by Crippen LogP contribution is -2.44. The van der Waals surface area contributed by atoms with Gasteiger partial charge >= 0.3 is 0 Å². The van der Waals surface area contributed by atoms with Gasteiger partial charge in [0, 0.05) is 34.4 Å². The zero-order valence-electron chi connectivity index (χ0n) is 15.7. The van der Waals surface area contributed by atoms with E-state index in [9.17, 15) is 9.59 Å². The molecule has 3 nitrogen and oxygen atoms in total. The Hall–Kier alpha value is -1.90. The molecule has 0 radical (unpaired) electrons. The minimum Gasteiger partial charge on any atom is -0.379 e. The fraction of sp³-hybridized carbons (Fsp3) is 0.545. The highest BCUT2D eigenvalue weighted by Crippen LogP contribution is 2.32. The van der Waals surface area contributed by atoms with Crippen molar-refractivity contribution in [2.45, 2.75) is 71.3 Å². The Kier molecular flexibility index (Phi) is 5.12. The number of aryl methyl sites for hydroxylation is 1. The molecule has 2 aliphatic rings. The molecule has 1 saturated carbocycles. The van der Waals surface area contributed by atoms with Crippen molar-refractivity contribution in [3.05, 3.63) is 40.5 Å². The van der Waals surface area contributed by atoms with E-state index < -0.39 is 0 Å². The van der Waals surface area contributed by atoms with Gasteiger partial charge in [-0.3, -0.25) is 9.59 Å². The van der Waals surface area contributed by atoms with Crippen LogP contribution in [0.15, 0.2) is 18.2 Å². The second kappa shape index (κ2) is 7.15. The number of ketones is 1. The van der Waals surface area contributed by atoms with Crippen LogP contribution in [0, 0.1) is 12.8 Å². The van der Waals surface area contributed by atoms with Crippen LogP contribution in [0.25, 0.3) is 5.70 Å². The Labute approximate surface area is 150 Å². The summed E-state index contributed by atoms with van der Waals surface area (Å²) in [6, 6.07) is 4.04. The highest BCUT2D eigenvalue weighted by molar-refractivity contribution is 5.99. The molecule has 1 aliphatic carbocycles. The van der Waals surface area contributed by atoms with Crippen LogP contribution in [-0.4, -0.2) is 17.6 Å². The molecule has 3 heteroatoms. The van der Waals surface area contributed by atoms with Crippen molar-refractivity contribution in [2.24, 2.45) is 5.92 Å². The lowest BCUT2D eigenvalue weighted by Gasteiger charge is -2.36. The SMILES string of the molecule is Cc1cc2c(cc1C=O)/C(=C/C(=O)C1CCCCCC1)NC(C)(C)C2. The third kappa shape index (κ3) is 4.02. The molecule has 1 fully saturated rings. The molecule has 0 bridgehead atoms. The lowest BCUT2D eigenvalue weighted by atomic mass is 9.83. The highest BCUT2D eigenvalue weighted by atomic mass is 16.1. The second-order valence-electron chi connectivity index (χ2n) is 8.32. The van der Waals surface area contributed by atoms with E-state index in [1.54, 1.807) is 6.08 Å². The smallest absolute Gasteiger partial charge is 0.160 e. The third-order valence-corrected chi connectivity index (χ3v) is 5.56. The number of aldehydes is 1. The van der Waals surface area contributed by atoms with Gasteiger partial charge in [0.25, 0.3) is 0 Å². The van der Waals surface area contributed by atoms with Crippen LogP contribution < -0.4 is 5.32 Å². The van der Waals surface area contributed by atoms with Crippen LogP contribution in [0.3, 0.4) is 0 Å². The molecular weight excluding hydrogens is 310 g/mol. The largest absolute Gasteiger partial charge is 0.379 e. The maximum absolute atomic E-state index is 12.9. The van der Waals surface area contributed by atoms with Crippen LogP contribution in [0.5, 0.6) is 0 Å². The van der Waals surface area contributed by atoms with Gasteiger partial charge in [-0.25, -0.2) is 0 Å². The van der Waals surface area contributed by atoms with E-state index >= 15 is 0 Å². The number of fused-ring (bicyclic) bond motifs is 1. The van der Waals surface area contributed by atoms with E-state index in [-0.39, 0.29) is 17.2 Å². The summed E-state index contributed by atoms with van der Waals surface area (Å²) in [7, 11) is 0. The summed E-state index contributed by atoms with van der Waals surface area (Å²) in [4.78, 5) is 24.2. The van der Waals surface area contributed by atoms with Gasteiger partial charge in [0.05, 0.1) is 0 Å². The van der Waals surface area contributed by atoms with Crippen molar-refractivity contribution in [2.75, 3.05) is 0 Å². The highest BCUT2D eigenvalue weighted by Gasteiger charge is 2.29. The molecule has 0 saturated heterocycles. The molecule has 3 rings (SSSR count). The van der Waals surface area contributed by atoms with Gasteiger partial charge in [-0.05, 0) is 57.2 Å². The summed E-state index contributed by atoms with van der Waals surface area (Å²) in [6.45, 7) is 6.28. The molecule has 0 atom stereocenters. The number of allylic oxidation sites excluding steroid dienone is 1. The van der Waals surface area contributed by atoms with Crippen molar-refractivity contribution in [3.8, 4) is 0 Å². The van der Waals surface area contributed by atoms with Crippen LogP contribution in [-0.2, 0) is 11.2 Å². The molecule has 1 heterocycles. The van der Waals surface area contributed by atoms with Crippen molar-refractivity contribution >= 4 is 17.8 Å².